The Balaban J connectivity index is 1.95. The summed E-state index contributed by atoms with van der Waals surface area (Å²) in [5, 5.41) is 21.6. The van der Waals surface area contributed by atoms with Gasteiger partial charge in [-0.25, -0.2) is 13.2 Å². The van der Waals surface area contributed by atoms with Crippen molar-refractivity contribution in [3.63, 3.8) is 0 Å². The number of aliphatic hydroxyl groups is 1. The summed E-state index contributed by atoms with van der Waals surface area (Å²) < 4.78 is 28.2. The molecule has 0 aromatic heterocycles. The molecule has 0 saturated heterocycles. The summed E-state index contributed by atoms with van der Waals surface area (Å²) in [6.07, 6.45) is -2.20. The first-order valence-corrected chi connectivity index (χ1v) is 13.4. The maximum absolute atomic E-state index is 13.5. The number of rotatable bonds is 12. The van der Waals surface area contributed by atoms with Gasteiger partial charge in [0.2, 0.25) is 10.0 Å². The summed E-state index contributed by atoms with van der Waals surface area (Å²) in [5.74, 6) is 0.00292. The zero-order valence-corrected chi connectivity index (χ0v) is 21.5. The van der Waals surface area contributed by atoms with Gasteiger partial charge in [-0.3, -0.25) is 4.90 Å². The van der Waals surface area contributed by atoms with Crippen molar-refractivity contribution in [1.29, 1.82) is 0 Å². The number of aliphatic hydroxyl groups excluding tert-OH is 1. The van der Waals surface area contributed by atoms with Crippen LogP contribution in [-0.4, -0.2) is 59.2 Å². The van der Waals surface area contributed by atoms with Crippen LogP contribution in [0.4, 0.5) is 4.79 Å². The van der Waals surface area contributed by atoms with Crippen molar-refractivity contribution in [1.82, 2.24) is 9.21 Å². The Bertz CT molecular complexity index is 1190. The monoisotopic (exact) mass is 510 g/mol. The first kappa shape index (κ1) is 27.4. The first-order valence-electron chi connectivity index (χ1n) is 12.0. The smallest absolute Gasteiger partial charge is 0.407 e. The van der Waals surface area contributed by atoms with Gasteiger partial charge in [0.1, 0.15) is 0 Å². The van der Waals surface area contributed by atoms with E-state index in [2.05, 4.69) is 0 Å². The molecule has 3 aromatic rings. The quantitative estimate of drug-likeness (QED) is 0.374. The molecular weight excluding hydrogens is 476 g/mol. The standard InChI is InChI=1S/C28H34N2O5S/c1-22(2)19-29(36(34,35)25-16-10-5-11-17-25)21-27(31)26(18-23-12-6-3-7-13-23)30(28(32)33)20-24-14-8-4-9-15-24/h3-17,22,26-27,31H,18-21H2,1-2H3,(H,32,33)/t26?,27-/m1/s1. The van der Waals surface area contributed by atoms with Crippen LogP contribution >= 0.6 is 0 Å². The van der Waals surface area contributed by atoms with Crippen LogP contribution in [-0.2, 0) is 23.0 Å². The van der Waals surface area contributed by atoms with Crippen molar-refractivity contribution >= 4 is 16.1 Å². The van der Waals surface area contributed by atoms with E-state index >= 15 is 0 Å². The maximum Gasteiger partial charge on any atom is 0.407 e. The highest BCUT2D eigenvalue weighted by Crippen LogP contribution is 2.22. The molecule has 0 fully saturated rings. The molecule has 0 aliphatic heterocycles. The number of hydrogen-bond acceptors (Lipinski definition) is 4. The lowest BCUT2D eigenvalue weighted by atomic mass is 9.98. The summed E-state index contributed by atoms with van der Waals surface area (Å²) in [7, 11) is -3.90. The van der Waals surface area contributed by atoms with Gasteiger partial charge in [-0.15, -0.1) is 0 Å². The minimum absolute atomic E-state index is 0.00292. The van der Waals surface area contributed by atoms with Crippen LogP contribution in [0.5, 0.6) is 0 Å². The Hall–Kier alpha value is -3.20. The van der Waals surface area contributed by atoms with Gasteiger partial charge in [0.25, 0.3) is 0 Å². The van der Waals surface area contributed by atoms with Crippen molar-refractivity contribution in [2.24, 2.45) is 5.92 Å². The molecule has 0 bridgehead atoms. The van der Waals surface area contributed by atoms with Gasteiger partial charge in [-0.05, 0) is 35.6 Å². The number of carboxylic acid groups (broad SMARTS) is 1. The highest BCUT2D eigenvalue weighted by Gasteiger charge is 2.35. The molecule has 192 valence electrons. The average molecular weight is 511 g/mol. The molecule has 8 heteroatoms. The third-order valence-electron chi connectivity index (χ3n) is 5.91. The van der Waals surface area contributed by atoms with E-state index < -0.39 is 28.3 Å². The summed E-state index contributed by atoms with van der Waals surface area (Å²) in [6, 6.07) is 25.7. The highest BCUT2D eigenvalue weighted by atomic mass is 32.2. The Kier molecular flexibility index (Phi) is 9.64. The van der Waals surface area contributed by atoms with Gasteiger partial charge in [0, 0.05) is 19.6 Å². The molecule has 0 aliphatic rings. The molecule has 7 nitrogen and oxygen atoms in total. The van der Waals surface area contributed by atoms with Gasteiger partial charge in [0.05, 0.1) is 17.0 Å². The lowest BCUT2D eigenvalue weighted by Crippen LogP contribution is -2.52. The zero-order chi connectivity index (χ0) is 26.1. The van der Waals surface area contributed by atoms with Crippen molar-refractivity contribution < 1.29 is 23.4 Å². The van der Waals surface area contributed by atoms with E-state index in [0.717, 1.165) is 11.1 Å². The molecule has 3 rings (SSSR count). The average Bonchev–Trinajstić information content (AvgIpc) is 2.87. The van der Waals surface area contributed by atoms with E-state index in [1.807, 2.05) is 74.5 Å². The van der Waals surface area contributed by atoms with E-state index in [0.29, 0.717) is 0 Å². The van der Waals surface area contributed by atoms with Gasteiger partial charge >= 0.3 is 6.09 Å². The second-order valence-electron chi connectivity index (χ2n) is 9.25. The molecule has 36 heavy (non-hydrogen) atoms. The van der Waals surface area contributed by atoms with Crippen LogP contribution in [0, 0.1) is 5.92 Å². The van der Waals surface area contributed by atoms with Crippen LogP contribution in [0.3, 0.4) is 0 Å². The number of amides is 1. The Morgan fingerprint density at radius 2 is 1.31 bits per heavy atom. The number of hydrogen-bond donors (Lipinski definition) is 2. The van der Waals surface area contributed by atoms with E-state index in [-0.39, 0.29) is 36.9 Å². The van der Waals surface area contributed by atoms with Gasteiger partial charge in [-0.1, -0.05) is 92.7 Å². The molecule has 0 heterocycles. The van der Waals surface area contributed by atoms with E-state index in [1.54, 1.807) is 18.2 Å². The van der Waals surface area contributed by atoms with Gasteiger partial charge in [-0.2, -0.15) is 4.31 Å². The minimum atomic E-state index is -3.90. The summed E-state index contributed by atoms with van der Waals surface area (Å²) in [4.78, 5) is 13.7. The van der Waals surface area contributed by atoms with Crippen molar-refractivity contribution in [2.45, 2.75) is 43.9 Å². The molecule has 0 saturated carbocycles. The second kappa shape index (κ2) is 12.7. The molecule has 3 aromatic carbocycles. The van der Waals surface area contributed by atoms with Crippen LogP contribution < -0.4 is 0 Å². The van der Waals surface area contributed by atoms with Gasteiger partial charge in [0.15, 0.2) is 0 Å². The zero-order valence-electron chi connectivity index (χ0n) is 20.6. The summed E-state index contributed by atoms with van der Waals surface area (Å²) in [6.45, 7) is 3.84. The predicted molar refractivity (Wildman–Crippen MR) is 140 cm³/mol. The highest BCUT2D eigenvalue weighted by molar-refractivity contribution is 7.89. The SMILES string of the molecule is CC(C)CN(C[C@@H](O)C(Cc1ccccc1)N(Cc1ccccc1)C(=O)O)S(=O)(=O)c1ccccc1. The lowest BCUT2D eigenvalue weighted by molar-refractivity contribution is 0.0337. The Morgan fingerprint density at radius 3 is 1.81 bits per heavy atom. The van der Waals surface area contributed by atoms with Gasteiger partial charge < -0.3 is 10.2 Å². The summed E-state index contributed by atoms with van der Waals surface area (Å²) in [5.41, 5.74) is 1.63. The Morgan fingerprint density at radius 1 is 0.806 bits per heavy atom. The topological polar surface area (TPSA) is 98.2 Å². The third kappa shape index (κ3) is 7.40. The fraction of sp³-hybridized carbons (Fsp3) is 0.321. The van der Waals surface area contributed by atoms with E-state index in [9.17, 15) is 23.4 Å². The minimum Gasteiger partial charge on any atom is -0.465 e. The maximum atomic E-state index is 13.5. The summed E-state index contributed by atoms with van der Waals surface area (Å²) >= 11 is 0. The second-order valence-corrected chi connectivity index (χ2v) is 11.2. The predicted octanol–water partition coefficient (Wildman–Crippen LogP) is 4.49. The fourth-order valence-electron chi connectivity index (χ4n) is 4.17. The van der Waals surface area contributed by atoms with Crippen LogP contribution in [0.15, 0.2) is 95.9 Å². The first-order chi connectivity index (χ1) is 17.2. The molecule has 0 spiro atoms. The molecular formula is C28H34N2O5S. The largest absolute Gasteiger partial charge is 0.465 e. The van der Waals surface area contributed by atoms with Crippen molar-refractivity contribution in [3.05, 3.63) is 102 Å². The van der Waals surface area contributed by atoms with Crippen molar-refractivity contribution in [2.75, 3.05) is 13.1 Å². The Labute approximate surface area is 213 Å². The molecule has 0 aliphatic carbocycles. The molecule has 1 amide bonds. The third-order valence-corrected chi connectivity index (χ3v) is 7.76. The van der Waals surface area contributed by atoms with Crippen LogP contribution in [0.25, 0.3) is 0 Å². The molecule has 0 radical (unpaired) electrons. The normalized spacial score (nSPS) is 13.5. The van der Waals surface area contributed by atoms with E-state index in [4.69, 9.17) is 0 Å². The molecule has 1 unspecified atom stereocenters. The van der Waals surface area contributed by atoms with Crippen LogP contribution in [0.2, 0.25) is 0 Å². The molecule has 2 atom stereocenters. The number of carbonyl (C=O) groups is 1. The fourth-order valence-corrected chi connectivity index (χ4v) is 5.81. The number of nitrogens with zero attached hydrogens (tertiary/aromatic N) is 2. The van der Waals surface area contributed by atoms with E-state index in [1.165, 1.54) is 21.3 Å². The molecule has 2 N–H and O–H groups in total. The van der Waals surface area contributed by atoms with Crippen molar-refractivity contribution in [3.8, 4) is 0 Å². The lowest BCUT2D eigenvalue weighted by Gasteiger charge is -2.36. The number of benzene rings is 3. The van der Waals surface area contributed by atoms with Crippen LogP contribution in [0.1, 0.15) is 25.0 Å². The number of sulfonamides is 1.